The van der Waals surface area contributed by atoms with Gasteiger partial charge in [-0.1, -0.05) is 36.3 Å². The Labute approximate surface area is 191 Å². The summed E-state index contributed by atoms with van der Waals surface area (Å²) in [5.74, 6) is 0.945. The first-order chi connectivity index (χ1) is 16.2. The molecule has 0 saturated heterocycles. The van der Waals surface area contributed by atoms with Crippen LogP contribution in [0.2, 0.25) is 0 Å². The van der Waals surface area contributed by atoms with Crippen LogP contribution >= 0.6 is 0 Å². The third kappa shape index (κ3) is 4.57. The number of aryl methyl sites for hydroxylation is 1. The molecule has 0 aliphatic carbocycles. The molecule has 9 nitrogen and oxygen atoms in total. The molecule has 0 aliphatic rings. The van der Waals surface area contributed by atoms with E-state index in [0.717, 1.165) is 35.6 Å². The maximum Gasteiger partial charge on any atom is 0.360 e. The van der Waals surface area contributed by atoms with E-state index in [1.165, 1.54) is 14.2 Å². The van der Waals surface area contributed by atoms with Gasteiger partial charge in [0.15, 0.2) is 5.71 Å². The van der Waals surface area contributed by atoms with Gasteiger partial charge in [0.1, 0.15) is 25.8 Å². The van der Waals surface area contributed by atoms with Crippen molar-refractivity contribution in [3.8, 4) is 17.0 Å². The molecule has 0 atom stereocenters. The maximum atomic E-state index is 12.1. The molecule has 0 aliphatic heterocycles. The number of methoxy groups -OCH3 is 1. The first-order valence-electron chi connectivity index (χ1n) is 10.6. The van der Waals surface area contributed by atoms with Crippen LogP contribution < -0.4 is 4.74 Å². The molecule has 4 rings (SSSR count). The Hall–Kier alpha value is -4.14. The predicted molar refractivity (Wildman–Crippen MR) is 123 cm³/mol. The fourth-order valence-corrected chi connectivity index (χ4v) is 3.64. The Morgan fingerprint density at radius 3 is 2.61 bits per heavy atom. The Bertz CT molecular complexity index is 1270. The summed E-state index contributed by atoms with van der Waals surface area (Å²) in [7, 11) is 2.69. The summed E-state index contributed by atoms with van der Waals surface area (Å²) in [5, 5.41) is 8.09. The van der Waals surface area contributed by atoms with Crippen molar-refractivity contribution >= 4 is 17.5 Å². The fourth-order valence-electron chi connectivity index (χ4n) is 3.64. The highest BCUT2D eigenvalue weighted by atomic mass is 16.6. The van der Waals surface area contributed by atoms with Gasteiger partial charge in [0.05, 0.1) is 19.0 Å². The van der Waals surface area contributed by atoms with Crippen molar-refractivity contribution in [1.82, 2.24) is 19.2 Å². The molecule has 170 valence electrons. The number of carbonyl (C=O) groups is 1. The van der Waals surface area contributed by atoms with E-state index in [2.05, 4.69) is 26.7 Å². The lowest BCUT2D eigenvalue weighted by atomic mass is 10.0. The molecule has 4 aromatic rings. The molecule has 0 amide bonds. The summed E-state index contributed by atoms with van der Waals surface area (Å²) >= 11 is 0. The van der Waals surface area contributed by atoms with E-state index in [-0.39, 0.29) is 12.3 Å². The lowest BCUT2D eigenvalue weighted by molar-refractivity contribution is -0.132. The van der Waals surface area contributed by atoms with Gasteiger partial charge in [0.2, 0.25) is 5.78 Å². The number of imidazole rings is 1. The Morgan fingerprint density at radius 1 is 1.09 bits per heavy atom. The lowest BCUT2D eigenvalue weighted by Gasteiger charge is -2.12. The minimum atomic E-state index is -0.579. The van der Waals surface area contributed by atoms with Gasteiger partial charge in [-0.05, 0) is 36.2 Å². The minimum Gasteiger partial charge on any atom is -0.489 e. The Morgan fingerprint density at radius 2 is 1.88 bits per heavy atom. The van der Waals surface area contributed by atoms with E-state index in [4.69, 9.17) is 14.3 Å². The molecule has 2 heterocycles. The number of ether oxygens (including phenoxy) is 2. The molecule has 0 radical (unpaired) electrons. The second kappa shape index (κ2) is 9.99. The van der Waals surface area contributed by atoms with Crippen LogP contribution in [0.15, 0.2) is 66.2 Å². The maximum absolute atomic E-state index is 12.1. The molecule has 0 fully saturated rings. The summed E-state index contributed by atoms with van der Waals surface area (Å²) < 4.78 is 14.8. The highest BCUT2D eigenvalue weighted by Gasteiger charge is 2.19. The average Bonchev–Trinajstić information content (AvgIpc) is 3.44. The van der Waals surface area contributed by atoms with Crippen LogP contribution in [-0.2, 0) is 27.5 Å². The van der Waals surface area contributed by atoms with Crippen LogP contribution in [-0.4, -0.2) is 45.1 Å². The smallest absolute Gasteiger partial charge is 0.360 e. The number of benzene rings is 2. The number of oxime groups is 1. The first-order valence-corrected chi connectivity index (χ1v) is 10.6. The summed E-state index contributed by atoms with van der Waals surface area (Å²) in [4.78, 5) is 21.3. The summed E-state index contributed by atoms with van der Waals surface area (Å²) in [6.07, 6.45) is 4.53. The van der Waals surface area contributed by atoms with Gasteiger partial charge in [-0.25, -0.2) is 9.31 Å². The van der Waals surface area contributed by atoms with Gasteiger partial charge < -0.3 is 18.9 Å². The molecule has 2 aromatic heterocycles. The number of esters is 1. The molecule has 0 saturated carbocycles. The molecular formula is C24H25N5O4. The van der Waals surface area contributed by atoms with Crippen molar-refractivity contribution < 1.29 is 19.1 Å². The molecule has 0 spiro atoms. The zero-order valence-corrected chi connectivity index (χ0v) is 18.8. The Balaban J connectivity index is 1.54. The zero-order valence-electron chi connectivity index (χ0n) is 18.8. The van der Waals surface area contributed by atoms with Crippen LogP contribution in [0.1, 0.15) is 24.5 Å². The number of rotatable bonds is 9. The van der Waals surface area contributed by atoms with E-state index in [1.807, 2.05) is 48.7 Å². The third-order valence-corrected chi connectivity index (χ3v) is 5.16. The molecule has 0 bridgehead atoms. The van der Waals surface area contributed by atoms with E-state index >= 15 is 0 Å². The highest BCUT2D eigenvalue weighted by molar-refractivity contribution is 6.43. The van der Waals surface area contributed by atoms with Crippen molar-refractivity contribution in [2.24, 2.45) is 5.16 Å². The van der Waals surface area contributed by atoms with Crippen LogP contribution in [0.5, 0.6) is 5.75 Å². The van der Waals surface area contributed by atoms with Gasteiger partial charge >= 0.3 is 5.97 Å². The fraction of sp³-hybridized carbons (Fsp3) is 0.250. The number of hydrogen-bond donors (Lipinski definition) is 0. The quantitative estimate of drug-likeness (QED) is 0.221. The number of aromatic nitrogens is 4. The van der Waals surface area contributed by atoms with Crippen LogP contribution in [0.3, 0.4) is 0 Å². The van der Waals surface area contributed by atoms with Gasteiger partial charge in [-0.2, -0.15) is 10.1 Å². The van der Waals surface area contributed by atoms with E-state index in [9.17, 15) is 4.79 Å². The number of fused-ring (bicyclic) bond motifs is 1. The lowest BCUT2D eigenvalue weighted by Crippen LogP contribution is -2.19. The van der Waals surface area contributed by atoms with Gasteiger partial charge in [0.25, 0.3) is 0 Å². The average molecular weight is 447 g/mol. The molecule has 2 aromatic carbocycles. The van der Waals surface area contributed by atoms with Crippen LogP contribution in [0.4, 0.5) is 0 Å². The topological polar surface area (TPSA) is 92.2 Å². The van der Waals surface area contributed by atoms with Crippen LogP contribution in [0, 0.1) is 0 Å². The monoisotopic (exact) mass is 447 g/mol. The van der Waals surface area contributed by atoms with Crippen molar-refractivity contribution in [3.63, 3.8) is 0 Å². The minimum absolute atomic E-state index is 0.0878. The van der Waals surface area contributed by atoms with Gasteiger partial charge in [-0.15, -0.1) is 0 Å². The van der Waals surface area contributed by atoms with Gasteiger partial charge in [0, 0.05) is 17.7 Å². The van der Waals surface area contributed by atoms with Crippen molar-refractivity contribution in [2.45, 2.75) is 26.5 Å². The summed E-state index contributed by atoms with van der Waals surface area (Å²) in [6, 6.07) is 15.2. The molecule has 9 heteroatoms. The SMILES string of the molecule is CCCn1c(-c2ccc(OCc3ccccc3/C(=N/OC)C(=O)OC)cc2)cn2ncnc12. The number of nitrogens with zero attached hydrogens (tertiary/aromatic N) is 5. The standard InChI is InChI=1S/C24H25N5O4/c1-4-13-28-21(14-29-24(28)25-16-26-29)17-9-11-19(12-10-17)33-15-18-7-5-6-8-20(18)22(27-32-3)23(30)31-2/h5-12,14,16H,4,13,15H2,1-3H3/b27-22-. The largest absolute Gasteiger partial charge is 0.489 e. The molecule has 0 N–H and O–H groups in total. The van der Waals surface area contributed by atoms with E-state index in [1.54, 1.807) is 16.9 Å². The predicted octanol–water partition coefficient (Wildman–Crippen LogP) is 3.71. The first kappa shape index (κ1) is 22.1. The zero-order chi connectivity index (χ0) is 23.2. The number of carbonyl (C=O) groups excluding carboxylic acids is 1. The van der Waals surface area contributed by atoms with E-state index < -0.39 is 5.97 Å². The van der Waals surface area contributed by atoms with Crippen molar-refractivity contribution in [3.05, 3.63) is 72.2 Å². The highest BCUT2D eigenvalue weighted by Crippen LogP contribution is 2.26. The molecule has 33 heavy (non-hydrogen) atoms. The van der Waals surface area contributed by atoms with Crippen LogP contribution in [0.25, 0.3) is 17.0 Å². The molecular weight excluding hydrogens is 422 g/mol. The molecule has 0 unspecified atom stereocenters. The second-order valence-electron chi connectivity index (χ2n) is 7.25. The summed E-state index contributed by atoms with van der Waals surface area (Å²) in [6.45, 7) is 3.23. The second-order valence-corrected chi connectivity index (χ2v) is 7.25. The Kier molecular flexibility index (Phi) is 6.68. The normalized spacial score (nSPS) is 11.5. The van der Waals surface area contributed by atoms with E-state index in [0.29, 0.717) is 11.3 Å². The number of hydrogen-bond acceptors (Lipinski definition) is 7. The van der Waals surface area contributed by atoms with Gasteiger partial charge in [-0.3, -0.25) is 0 Å². The van der Waals surface area contributed by atoms with Crippen molar-refractivity contribution in [2.75, 3.05) is 14.2 Å². The van der Waals surface area contributed by atoms with Crippen molar-refractivity contribution in [1.29, 1.82) is 0 Å². The summed E-state index contributed by atoms with van der Waals surface area (Å²) in [5.41, 5.74) is 3.55. The third-order valence-electron chi connectivity index (χ3n) is 5.16.